The van der Waals surface area contributed by atoms with Crippen molar-refractivity contribution in [2.24, 2.45) is 5.73 Å². The number of piperazine rings is 1. The van der Waals surface area contributed by atoms with Gasteiger partial charge < -0.3 is 15.4 Å². The molecule has 5 nitrogen and oxygen atoms in total. The zero-order chi connectivity index (χ0) is 16.1. The van der Waals surface area contributed by atoms with Gasteiger partial charge in [-0.15, -0.1) is 0 Å². The third kappa shape index (κ3) is 3.85. The van der Waals surface area contributed by atoms with Crippen molar-refractivity contribution in [2.75, 3.05) is 33.4 Å². The van der Waals surface area contributed by atoms with Crippen molar-refractivity contribution in [1.29, 1.82) is 0 Å². The van der Waals surface area contributed by atoms with Crippen LogP contribution in [0.1, 0.15) is 25.5 Å². The fourth-order valence-electron chi connectivity index (χ4n) is 3.17. The number of hydrogen-bond donors (Lipinski definition) is 1. The van der Waals surface area contributed by atoms with E-state index in [9.17, 15) is 4.79 Å². The highest BCUT2D eigenvalue weighted by Crippen LogP contribution is 2.19. The molecule has 0 aromatic heterocycles. The third-order valence-electron chi connectivity index (χ3n) is 4.39. The number of carbonyl (C=O) groups is 1. The van der Waals surface area contributed by atoms with E-state index in [4.69, 9.17) is 10.5 Å². The minimum absolute atomic E-state index is 0.0105. The van der Waals surface area contributed by atoms with E-state index < -0.39 is 6.04 Å². The molecule has 0 saturated carbocycles. The summed E-state index contributed by atoms with van der Waals surface area (Å²) in [6.45, 7) is 7.35. The van der Waals surface area contributed by atoms with Gasteiger partial charge in [0.25, 0.3) is 0 Å². The quantitative estimate of drug-likeness (QED) is 0.889. The van der Waals surface area contributed by atoms with Gasteiger partial charge in [0, 0.05) is 38.8 Å². The Morgan fingerprint density at radius 3 is 2.41 bits per heavy atom. The molecule has 1 amide bonds. The number of nitrogens with two attached hydrogens (primary N) is 1. The predicted molar refractivity (Wildman–Crippen MR) is 87.5 cm³/mol. The van der Waals surface area contributed by atoms with Gasteiger partial charge in [0.15, 0.2) is 0 Å². The van der Waals surface area contributed by atoms with Gasteiger partial charge in [-0.3, -0.25) is 9.69 Å². The minimum atomic E-state index is -0.578. The fraction of sp³-hybridized carbons (Fsp3) is 0.588. The molecule has 1 aliphatic heterocycles. The first-order chi connectivity index (χ1) is 10.5. The van der Waals surface area contributed by atoms with Gasteiger partial charge in [-0.05, 0) is 19.4 Å². The van der Waals surface area contributed by atoms with Crippen LogP contribution in [0.4, 0.5) is 0 Å². The Kier molecular flexibility index (Phi) is 5.94. The highest BCUT2D eigenvalue weighted by Gasteiger charge is 2.33. The van der Waals surface area contributed by atoms with Crippen LogP contribution < -0.4 is 5.73 Å². The Balaban J connectivity index is 2.00. The maximum absolute atomic E-state index is 12.7. The van der Waals surface area contributed by atoms with Crippen LogP contribution in [-0.4, -0.2) is 61.1 Å². The highest BCUT2D eigenvalue weighted by atomic mass is 16.5. The van der Waals surface area contributed by atoms with Crippen LogP contribution in [0.25, 0.3) is 0 Å². The van der Waals surface area contributed by atoms with Crippen molar-refractivity contribution in [3.05, 3.63) is 35.9 Å². The summed E-state index contributed by atoms with van der Waals surface area (Å²) in [5, 5.41) is 0. The van der Waals surface area contributed by atoms with E-state index >= 15 is 0 Å². The van der Waals surface area contributed by atoms with Gasteiger partial charge in [0.05, 0.1) is 6.61 Å². The summed E-state index contributed by atoms with van der Waals surface area (Å²) in [5.41, 5.74) is 7.02. The van der Waals surface area contributed by atoms with Crippen LogP contribution in [0.2, 0.25) is 0 Å². The molecule has 0 spiro atoms. The monoisotopic (exact) mass is 305 g/mol. The Bertz CT molecular complexity index is 468. The standard InChI is InChI=1S/C17H27N3O2/c1-13-11-19(12-14(2)20(13)9-10-22-3)17(21)16(18)15-7-5-4-6-8-15/h4-8,13-14,16H,9-12,18H2,1-3H3/t13-,14+,16-/m1/s1. The molecule has 3 atom stereocenters. The van der Waals surface area contributed by atoms with Crippen molar-refractivity contribution in [3.63, 3.8) is 0 Å². The second-order valence-electron chi connectivity index (χ2n) is 6.06. The number of benzene rings is 1. The van der Waals surface area contributed by atoms with Gasteiger partial charge >= 0.3 is 0 Å². The molecule has 0 bridgehead atoms. The molecule has 2 N–H and O–H groups in total. The van der Waals surface area contributed by atoms with Crippen LogP contribution in [0.3, 0.4) is 0 Å². The molecule has 1 fully saturated rings. The highest BCUT2D eigenvalue weighted by molar-refractivity contribution is 5.83. The Labute approximate surface area is 133 Å². The molecule has 0 aliphatic carbocycles. The first kappa shape index (κ1) is 16.9. The summed E-state index contributed by atoms with van der Waals surface area (Å²) in [6.07, 6.45) is 0. The first-order valence-electron chi connectivity index (χ1n) is 7.88. The molecular formula is C17H27N3O2. The molecule has 0 radical (unpaired) electrons. The normalized spacial score (nSPS) is 24.3. The second-order valence-corrected chi connectivity index (χ2v) is 6.06. The summed E-state index contributed by atoms with van der Waals surface area (Å²) >= 11 is 0. The Morgan fingerprint density at radius 1 is 1.27 bits per heavy atom. The van der Waals surface area contributed by atoms with Gasteiger partial charge in [0.1, 0.15) is 6.04 Å². The van der Waals surface area contributed by atoms with E-state index in [0.29, 0.717) is 31.8 Å². The molecule has 5 heteroatoms. The van der Waals surface area contributed by atoms with Crippen LogP contribution in [0, 0.1) is 0 Å². The molecule has 1 aromatic carbocycles. The van der Waals surface area contributed by atoms with Crippen molar-refractivity contribution >= 4 is 5.91 Å². The van der Waals surface area contributed by atoms with Gasteiger partial charge in [-0.25, -0.2) is 0 Å². The first-order valence-corrected chi connectivity index (χ1v) is 7.88. The summed E-state index contributed by atoms with van der Waals surface area (Å²) < 4.78 is 5.17. The van der Waals surface area contributed by atoms with Gasteiger partial charge in [0.2, 0.25) is 5.91 Å². The van der Waals surface area contributed by atoms with Gasteiger partial charge in [-0.2, -0.15) is 0 Å². The van der Waals surface area contributed by atoms with Crippen LogP contribution in [0.5, 0.6) is 0 Å². The van der Waals surface area contributed by atoms with E-state index in [2.05, 4.69) is 18.7 Å². The topological polar surface area (TPSA) is 58.8 Å². The lowest BCUT2D eigenvalue weighted by Crippen LogP contribution is -2.59. The Morgan fingerprint density at radius 2 is 1.86 bits per heavy atom. The second kappa shape index (κ2) is 7.72. The molecule has 122 valence electrons. The lowest BCUT2D eigenvalue weighted by molar-refractivity contribution is -0.137. The number of nitrogens with zero attached hydrogens (tertiary/aromatic N) is 2. The molecule has 22 heavy (non-hydrogen) atoms. The maximum Gasteiger partial charge on any atom is 0.244 e. The van der Waals surface area contributed by atoms with Crippen molar-refractivity contribution in [1.82, 2.24) is 9.80 Å². The summed E-state index contributed by atoms with van der Waals surface area (Å²) in [7, 11) is 1.72. The minimum Gasteiger partial charge on any atom is -0.383 e. The Hall–Kier alpha value is -1.43. The number of hydrogen-bond acceptors (Lipinski definition) is 4. The molecule has 1 aromatic rings. The van der Waals surface area contributed by atoms with Crippen LogP contribution in [-0.2, 0) is 9.53 Å². The summed E-state index contributed by atoms with van der Waals surface area (Å²) in [6, 6.07) is 9.61. The van der Waals surface area contributed by atoms with E-state index in [0.717, 1.165) is 12.1 Å². The molecule has 0 unspecified atom stereocenters. The smallest absolute Gasteiger partial charge is 0.244 e. The summed E-state index contributed by atoms with van der Waals surface area (Å²) in [5.74, 6) is 0.0105. The van der Waals surface area contributed by atoms with Crippen molar-refractivity contribution < 1.29 is 9.53 Å². The average molecular weight is 305 g/mol. The molecule has 2 rings (SSSR count). The van der Waals surface area contributed by atoms with E-state index in [-0.39, 0.29) is 5.91 Å². The molecule has 1 saturated heterocycles. The number of carbonyl (C=O) groups excluding carboxylic acids is 1. The van der Waals surface area contributed by atoms with Crippen molar-refractivity contribution in [3.8, 4) is 0 Å². The van der Waals surface area contributed by atoms with Crippen molar-refractivity contribution in [2.45, 2.75) is 32.0 Å². The molecular weight excluding hydrogens is 278 g/mol. The lowest BCUT2D eigenvalue weighted by Gasteiger charge is -2.45. The van der Waals surface area contributed by atoms with E-state index in [1.165, 1.54) is 0 Å². The predicted octanol–water partition coefficient (Wildman–Crippen LogP) is 1.25. The van der Waals surface area contributed by atoms with Crippen LogP contribution >= 0.6 is 0 Å². The number of methoxy groups -OCH3 is 1. The number of amides is 1. The number of rotatable bonds is 5. The van der Waals surface area contributed by atoms with Crippen LogP contribution in [0.15, 0.2) is 30.3 Å². The SMILES string of the molecule is COCCN1[C@H](C)CN(C(=O)[C@H](N)c2ccccc2)C[C@@H]1C. The number of ether oxygens (including phenoxy) is 1. The zero-order valence-corrected chi connectivity index (χ0v) is 13.7. The fourth-order valence-corrected chi connectivity index (χ4v) is 3.17. The van der Waals surface area contributed by atoms with Gasteiger partial charge in [-0.1, -0.05) is 30.3 Å². The van der Waals surface area contributed by atoms with E-state index in [1.54, 1.807) is 7.11 Å². The lowest BCUT2D eigenvalue weighted by atomic mass is 10.0. The molecule has 1 aliphatic rings. The molecule has 1 heterocycles. The third-order valence-corrected chi connectivity index (χ3v) is 4.39. The zero-order valence-electron chi connectivity index (χ0n) is 13.7. The summed E-state index contributed by atoms with van der Waals surface area (Å²) in [4.78, 5) is 17.0. The maximum atomic E-state index is 12.7. The van der Waals surface area contributed by atoms with E-state index in [1.807, 2.05) is 35.2 Å². The largest absolute Gasteiger partial charge is 0.383 e. The average Bonchev–Trinajstić information content (AvgIpc) is 2.53.